The summed E-state index contributed by atoms with van der Waals surface area (Å²) < 4.78 is 16.8. The summed E-state index contributed by atoms with van der Waals surface area (Å²) in [4.78, 5) is 63.5. The lowest BCUT2D eigenvalue weighted by atomic mass is 9.83. The highest BCUT2D eigenvalue weighted by molar-refractivity contribution is 6.30. The molecule has 2 aromatic carbocycles. The Kier molecular flexibility index (Phi) is 14.3. The van der Waals surface area contributed by atoms with Gasteiger partial charge in [-0.1, -0.05) is 30.9 Å². The van der Waals surface area contributed by atoms with Crippen molar-refractivity contribution >= 4 is 40.9 Å². The molecule has 1 aliphatic carbocycles. The third-order valence-corrected chi connectivity index (χ3v) is 9.53. The standard InChI is InChI=1S/C35H47ClN6O9/c1-21(25-17-29(49-2)30(18-27(25)42(47)48)50-15-7-11-31(37)43)40-32(44)20-51-28-13-12-24(36)16-23(28)19-39-34(45)26-10-6-14-41(26)35(46)33(38)22-8-4-3-5-9-22/h12-13,16-18,21-22,26,33H,3-11,14-15,19-20,38H2,1-2H3,(H2,37,43)(H,39,45)(H,40,44)/t21?,26-,33+/m1/s1. The Labute approximate surface area is 301 Å². The van der Waals surface area contributed by atoms with Crippen molar-refractivity contribution in [1.29, 1.82) is 0 Å². The molecule has 1 saturated heterocycles. The average Bonchev–Trinajstić information content (AvgIpc) is 3.61. The zero-order valence-electron chi connectivity index (χ0n) is 29.0. The van der Waals surface area contributed by atoms with E-state index in [2.05, 4.69) is 10.6 Å². The number of hydrogen-bond donors (Lipinski definition) is 4. The molecule has 2 fully saturated rings. The van der Waals surface area contributed by atoms with Gasteiger partial charge in [-0.3, -0.25) is 29.3 Å². The number of rotatable bonds is 17. The van der Waals surface area contributed by atoms with E-state index in [1.54, 1.807) is 30.0 Å². The van der Waals surface area contributed by atoms with Gasteiger partial charge >= 0.3 is 0 Å². The van der Waals surface area contributed by atoms with Crippen LogP contribution in [0.1, 0.15) is 81.9 Å². The van der Waals surface area contributed by atoms with Crippen LogP contribution < -0.4 is 36.3 Å². The molecule has 3 atom stereocenters. The fourth-order valence-electron chi connectivity index (χ4n) is 6.59. The van der Waals surface area contributed by atoms with Gasteiger partial charge in [0.05, 0.1) is 42.4 Å². The number of amides is 4. The van der Waals surface area contributed by atoms with E-state index >= 15 is 0 Å². The van der Waals surface area contributed by atoms with Gasteiger partial charge in [0.2, 0.25) is 17.7 Å². The first-order chi connectivity index (χ1) is 24.4. The maximum Gasteiger partial charge on any atom is 0.278 e. The Morgan fingerprint density at radius 2 is 1.78 bits per heavy atom. The monoisotopic (exact) mass is 730 g/mol. The Morgan fingerprint density at radius 1 is 1.04 bits per heavy atom. The second-order valence-electron chi connectivity index (χ2n) is 12.9. The highest BCUT2D eigenvalue weighted by Gasteiger charge is 2.38. The predicted octanol–water partition coefficient (Wildman–Crippen LogP) is 3.67. The third kappa shape index (κ3) is 10.7. The molecule has 0 bridgehead atoms. The van der Waals surface area contributed by atoms with Gasteiger partial charge in [0.25, 0.3) is 11.6 Å². The van der Waals surface area contributed by atoms with E-state index in [4.69, 9.17) is 37.3 Å². The van der Waals surface area contributed by atoms with E-state index in [1.165, 1.54) is 19.2 Å². The van der Waals surface area contributed by atoms with Gasteiger partial charge in [0.15, 0.2) is 18.1 Å². The Bertz CT molecular complexity index is 1580. The number of primary amides is 1. The zero-order chi connectivity index (χ0) is 37.1. The molecule has 0 spiro atoms. The van der Waals surface area contributed by atoms with Crippen LogP contribution in [0.5, 0.6) is 17.2 Å². The normalized spacial score (nSPS) is 17.3. The molecular weight excluding hydrogens is 684 g/mol. The topological polar surface area (TPSA) is 218 Å². The maximum absolute atomic E-state index is 13.3. The largest absolute Gasteiger partial charge is 0.493 e. The van der Waals surface area contributed by atoms with E-state index in [0.717, 1.165) is 32.1 Å². The van der Waals surface area contributed by atoms with Crippen LogP contribution in [-0.4, -0.2) is 72.4 Å². The van der Waals surface area contributed by atoms with Crippen LogP contribution >= 0.6 is 11.6 Å². The molecule has 0 radical (unpaired) electrons. The van der Waals surface area contributed by atoms with Crippen molar-refractivity contribution in [1.82, 2.24) is 15.5 Å². The number of nitro groups is 1. The molecule has 1 unspecified atom stereocenters. The molecule has 1 saturated carbocycles. The number of nitrogens with zero attached hydrogens (tertiary/aromatic N) is 2. The van der Waals surface area contributed by atoms with E-state index in [9.17, 15) is 29.3 Å². The molecule has 4 rings (SSSR count). The Morgan fingerprint density at radius 3 is 2.47 bits per heavy atom. The number of nitrogens with one attached hydrogen (secondary N) is 2. The zero-order valence-corrected chi connectivity index (χ0v) is 29.7. The van der Waals surface area contributed by atoms with E-state index in [1.807, 2.05) is 0 Å². The van der Waals surface area contributed by atoms with Gasteiger partial charge in [-0.25, -0.2) is 0 Å². The first-order valence-electron chi connectivity index (χ1n) is 17.2. The van der Waals surface area contributed by atoms with Gasteiger partial charge in [0, 0.05) is 30.1 Å². The Hall–Kier alpha value is -4.63. The summed E-state index contributed by atoms with van der Waals surface area (Å²) in [7, 11) is 1.38. The number of nitrogens with two attached hydrogens (primary N) is 2. The van der Waals surface area contributed by atoms with Crippen molar-refractivity contribution in [2.45, 2.75) is 89.4 Å². The van der Waals surface area contributed by atoms with E-state index in [0.29, 0.717) is 42.1 Å². The number of carbonyl (C=O) groups excluding carboxylic acids is 4. The van der Waals surface area contributed by atoms with Gasteiger partial charge in [0.1, 0.15) is 11.8 Å². The highest BCUT2D eigenvalue weighted by Crippen LogP contribution is 2.38. The minimum atomic E-state index is -0.827. The van der Waals surface area contributed by atoms with Crippen molar-refractivity contribution in [2.75, 3.05) is 26.9 Å². The SMILES string of the molecule is COc1cc(C(C)NC(=O)COc2ccc(Cl)cc2CNC(=O)[C@H]2CCCN2C(=O)[C@@H](N)C2CCCCC2)c([N+](=O)[O-])cc1OCCCC(N)=O. The van der Waals surface area contributed by atoms with Crippen LogP contribution in [0.25, 0.3) is 0 Å². The molecule has 16 heteroatoms. The molecule has 1 heterocycles. The lowest BCUT2D eigenvalue weighted by Gasteiger charge is -2.32. The smallest absolute Gasteiger partial charge is 0.278 e. The van der Waals surface area contributed by atoms with Crippen molar-refractivity contribution in [2.24, 2.45) is 17.4 Å². The third-order valence-electron chi connectivity index (χ3n) is 9.29. The number of halogens is 1. The molecule has 1 aliphatic heterocycles. The van der Waals surface area contributed by atoms with E-state index in [-0.39, 0.29) is 60.1 Å². The van der Waals surface area contributed by atoms with Gasteiger partial charge < -0.3 is 41.2 Å². The number of methoxy groups -OCH3 is 1. The number of benzene rings is 2. The van der Waals surface area contributed by atoms with Crippen molar-refractivity contribution in [3.8, 4) is 17.2 Å². The number of likely N-dealkylation sites (tertiary alicyclic amines) is 1. The minimum Gasteiger partial charge on any atom is -0.493 e. The van der Waals surface area contributed by atoms with Crippen molar-refractivity contribution in [3.63, 3.8) is 0 Å². The summed E-state index contributed by atoms with van der Waals surface area (Å²) >= 11 is 6.25. The molecule has 6 N–H and O–H groups in total. The summed E-state index contributed by atoms with van der Waals surface area (Å²) in [6.45, 7) is 1.73. The van der Waals surface area contributed by atoms with Crippen LogP contribution in [0.3, 0.4) is 0 Å². The summed E-state index contributed by atoms with van der Waals surface area (Å²) in [6, 6.07) is 5.31. The number of hydrogen-bond acceptors (Lipinski definition) is 10. The number of nitro benzene ring substituents is 1. The fraction of sp³-hybridized carbons (Fsp3) is 0.543. The molecule has 278 valence electrons. The summed E-state index contributed by atoms with van der Waals surface area (Å²) in [5, 5.41) is 17.9. The van der Waals surface area contributed by atoms with E-state index < -0.39 is 41.5 Å². The molecular formula is C35H47ClN6O9. The molecule has 2 aromatic rings. The van der Waals surface area contributed by atoms with Crippen LogP contribution in [0.15, 0.2) is 30.3 Å². The van der Waals surface area contributed by atoms with Crippen LogP contribution in [0.4, 0.5) is 5.69 Å². The number of ether oxygens (including phenoxy) is 3. The molecule has 2 aliphatic rings. The first-order valence-corrected chi connectivity index (χ1v) is 17.6. The minimum absolute atomic E-state index is 0.0307. The summed E-state index contributed by atoms with van der Waals surface area (Å²) in [5.74, 6) is -0.811. The second kappa shape index (κ2) is 18.6. The summed E-state index contributed by atoms with van der Waals surface area (Å²) in [6.07, 6.45) is 6.76. The van der Waals surface area contributed by atoms with Gasteiger partial charge in [-0.2, -0.15) is 0 Å². The fourth-order valence-corrected chi connectivity index (χ4v) is 6.79. The van der Waals surface area contributed by atoms with Crippen LogP contribution in [0.2, 0.25) is 5.02 Å². The quantitative estimate of drug-likeness (QED) is 0.105. The van der Waals surface area contributed by atoms with Crippen LogP contribution in [0, 0.1) is 16.0 Å². The molecule has 15 nitrogen and oxygen atoms in total. The highest BCUT2D eigenvalue weighted by atomic mass is 35.5. The molecule has 4 amide bonds. The average molecular weight is 731 g/mol. The predicted molar refractivity (Wildman–Crippen MR) is 188 cm³/mol. The summed E-state index contributed by atoms with van der Waals surface area (Å²) in [5.41, 5.74) is 11.9. The van der Waals surface area contributed by atoms with Crippen molar-refractivity contribution in [3.05, 3.63) is 56.6 Å². The van der Waals surface area contributed by atoms with Gasteiger partial charge in [-0.05, 0) is 69.2 Å². The maximum atomic E-state index is 13.3. The Balaban J connectivity index is 1.36. The van der Waals surface area contributed by atoms with Gasteiger partial charge in [-0.15, -0.1) is 0 Å². The second-order valence-corrected chi connectivity index (χ2v) is 13.3. The molecule has 51 heavy (non-hydrogen) atoms. The molecule has 0 aromatic heterocycles. The first kappa shape index (κ1) is 39.2. The number of carbonyl (C=O) groups is 4. The lowest BCUT2D eigenvalue weighted by molar-refractivity contribution is -0.385. The van der Waals surface area contributed by atoms with Crippen molar-refractivity contribution < 1.29 is 38.3 Å². The lowest BCUT2D eigenvalue weighted by Crippen LogP contribution is -2.53. The van der Waals surface area contributed by atoms with Crippen LogP contribution in [-0.2, 0) is 25.7 Å².